The quantitative estimate of drug-likeness (QED) is 0.759. The van der Waals surface area contributed by atoms with Gasteiger partial charge < -0.3 is 9.72 Å². The molecule has 1 unspecified atom stereocenters. The molecule has 118 valence electrons. The van der Waals surface area contributed by atoms with Crippen LogP contribution in [0.5, 0.6) is 6.01 Å². The largest absolute Gasteiger partial charge is 0.467 e. The first kappa shape index (κ1) is 15.8. The number of aromatic amines is 1. The summed E-state index contributed by atoms with van der Waals surface area (Å²) in [6.07, 6.45) is 5.70. The summed E-state index contributed by atoms with van der Waals surface area (Å²) in [5, 5.41) is 1.06. The summed E-state index contributed by atoms with van der Waals surface area (Å²) in [6.45, 7) is 0. The number of nitrogens with one attached hydrogen (secondary N) is 1. The SMILES string of the molecule is COc1nccc(CC(c2cnc[nH]2)c2cccc(Cl)c2Cl)n1. The summed E-state index contributed by atoms with van der Waals surface area (Å²) in [6, 6.07) is 7.80. The van der Waals surface area contributed by atoms with Crippen molar-refractivity contribution in [3.05, 3.63) is 70.0 Å². The van der Waals surface area contributed by atoms with E-state index in [9.17, 15) is 0 Å². The highest BCUT2D eigenvalue weighted by atomic mass is 35.5. The number of H-pyrrole nitrogens is 1. The van der Waals surface area contributed by atoms with Crippen LogP contribution in [0.4, 0.5) is 0 Å². The molecular weight excluding hydrogens is 335 g/mol. The molecule has 1 N–H and O–H groups in total. The fourth-order valence-electron chi connectivity index (χ4n) is 2.43. The highest BCUT2D eigenvalue weighted by Gasteiger charge is 2.21. The van der Waals surface area contributed by atoms with Crippen molar-refractivity contribution < 1.29 is 4.74 Å². The predicted octanol–water partition coefficient (Wildman–Crippen LogP) is 3.89. The number of imidazole rings is 1. The van der Waals surface area contributed by atoms with Crippen LogP contribution in [0.3, 0.4) is 0 Å². The molecule has 0 bridgehead atoms. The molecule has 0 radical (unpaired) electrons. The molecule has 0 aliphatic heterocycles. The summed E-state index contributed by atoms with van der Waals surface area (Å²) in [5.41, 5.74) is 2.69. The van der Waals surface area contributed by atoms with Crippen LogP contribution in [0.15, 0.2) is 43.0 Å². The molecular formula is C16H14Cl2N4O. The van der Waals surface area contributed by atoms with E-state index in [1.165, 1.54) is 0 Å². The van der Waals surface area contributed by atoms with Gasteiger partial charge >= 0.3 is 6.01 Å². The lowest BCUT2D eigenvalue weighted by molar-refractivity contribution is 0.377. The second kappa shape index (κ2) is 6.98. The van der Waals surface area contributed by atoms with Gasteiger partial charge in [-0.2, -0.15) is 0 Å². The van der Waals surface area contributed by atoms with Crippen molar-refractivity contribution in [1.29, 1.82) is 0 Å². The maximum absolute atomic E-state index is 6.41. The normalized spacial score (nSPS) is 12.1. The average Bonchev–Trinajstić information content (AvgIpc) is 3.10. The maximum atomic E-state index is 6.41. The van der Waals surface area contributed by atoms with E-state index in [2.05, 4.69) is 19.9 Å². The molecule has 0 spiro atoms. The summed E-state index contributed by atoms with van der Waals surface area (Å²) < 4.78 is 5.09. The van der Waals surface area contributed by atoms with Crippen LogP contribution in [0, 0.1) is 0 Å². The van der Waals surface area contributed by atoms with Gasteiger partial charge in [-0.3, -0.25) is 0 Å². The number of hydrogen-bond donors (Lipinski definition) is 1. The molecule has 0 aliphatic carbocycles. The van der Waals surface area contributed by atoms with E-state index in [0.717, 1.165) is 17.0 Å². The number of nitrogens with zero attached hydrogens (tertiary/aromatic N) is 3. The molecule has 0 aliphatic rings. The van der Waals surface area contributed by atoms with Crippen LogP contribution in [0.25, 0.3) is 0 Å². The Bertz CT molecular complexity index is 793. The molecule has 23 heavy (non-hydrogen) atoms. The van der Waals surface area contributed by atoms with Gasteiger partial charge in [-0.1, -0.05) is 35.3 Å². The summed E-state index contributed by atoms with van der Waals surface area (Å²) >= 11 is 12.6. The van der Waals surface area contributed by atoms with Crippen LogP contribution in [-0.4, -0.2) is 27.0 Å². The van der Waals surface area contributed by atoms with Gasteiger partial charge in [-0.25, -0.2) is 15.0 Å². The van der Waals surface area contributed by atoms with Gasteiger partial charge in [0.05, 0.1) is 23.5 Å². The van der Waals surface area contributed by atoms with Gasteiger partial charge in [0.25, 0.3) is 0 Å². The summed E-state index contributed by atoms with van der Waals surface area (Å²) in [4.78, 5) is 15.7. The zero-order valence-electron chi connectivity index (χ0n) is 12.3. The number of benzene rings is 1. The lowest BCUT2D eigenvalue weighted by atomic mass is 9.91. The highest BCUT2D eigenvalue weighted by Crippen LogP contribution is 2.35. The number of halogens is 2. The molecule has 1 aromatic carbocycles. The van der Waals surface area contributed by atoms with Gasteiger partial charge in [0.15, 0.2) is 0 Å². The smallest absolute Gasteiger partial charge is 0.316 e. The molecule has 3 rings (SSSR count). The van der Waals surface area contributed by atoms with E-state index in [1.807, 2.05) is 18.2 Å². The minimum absolute atomic E-state index is 0.0525. The maximum Gasteiger partial charge on any atom is 0.316 e. The van der Waals surface area contributed by atoms with Crippen LogP contribution in [0.1, 0.15) is 22.9 Å². The second-order valence-electron chi connectivity index (χ2n) is 4.94. The van der Waals surface area contributed by atoms with Crippen LogP contribution < -0.4 is 4.74 Å². The lowest BCUT2D eigenvalue weighted by Crippen LogP contribution is -2.08. The third kappa shape index (κ3) is 3.46. The third-order valence-corrected chi connectivity index (χ3v) is 4.37. The van der Waals surface area contributed by atoms with Crippen LogP contribution in [-0.2, 0) is 6.42 Å². The molecule has 0 fully saturated rings. The topological polar surface area (TPSA) is 63.7 Å². The Morgan fingerprint density at radius 1 is 1.26 bits per heavy atom. The van der Waals surface area contributed by atoms with E-state index in [1.54, 1.807) is 31.9 Å². The molecule has 0 saturated carbocycles. The van der Waals surface area contributed by atoms with E-state index in [-0.39, 0.29) is 5.92 Å². The number of aromatic nitrogens is 4. The molecule has 0 amide bonds. The van der Waals surface area contributed by atoms with E-state index in [4.69, 9.17) is 27.9 Å². The zero-order valence-corrected chi connectivity index (χ0v) is 13.8. The van der Waals surface area contributed by atoms with Crippen LogP contribution >= 0.6 is 23.2 Å². The first-order valence-electron chi connectivity index (χ1n) is 6.97. The van der Waals surface area contributed by atoms with Crippen LogP contribution in [0.2, 0.25) is 10.0 Å². The molecule has 2 heterocycles. The first-order chi connectivity index (χ1) is 11.2. The third-order valence-electron chi connectivity index (χ3n) is 3.54. The first-order valence-corrected chi connectivity index (χ1v) is 7.72. The minimum Gasteiger partial charge on any atom is -0.467 e. The molecule has 2 aromatic heterocycles. The Kier molecular flexibility index (Phi) is 4.79. The molecule has 5 nitrogen and oxygen atoms in total. The van der Waals surface area contributed by atoms with E-state index in [0.29, 0.717) is 22.5 Å². The van der Waals surface area contributed by atoms with Crippen molar-refractivity contribution >= 4 is 23.2 Å². The Labute approximate surface area is 143 Å². The standard InChI is InChI=1S/C16H14Cl2N4O/c1-23-16-20-6-5-10(22-16)7-12(14-8-19-9-21-14)11-3-2-4-13(17)15(11)18/h2-6,8-9,12H,7H2,1H3,(H,19,21). The van der Waals surface area contributed by atoms with Crippen molar-refractivity contribution in [3.8, 4) is 6.01 Å². The number of hydrogen-bond acceptors (Lipinski definition) is 4. The fraction of sp³-hybridized carbons (Fsp3) is 0.188. The lowest BCUT2D eigenvalue weighted by Gasteiger charge is -2.18. The van der Waals surface area contributed by atoms with Gasteiger partial charge in [-0.05, 0) is 17.7 Å². The van der Waals surface area contributed by atoms with Crippen molar-refractivity contribution in [2.24, 2.45) is 0 Å². The minimum atomic E-state index is -0.0525. The highest BCUT2D eigenvalue weighted by molar-refractivity contribution is 6.42. The predicted molar refractivity (Wildman–Crippen MR) is 89.2 cm³/mol. The van der Waals surface area contributed by atoms with Crippen molar-refractivity contribution in [3.63, 3.8) is 0 Å². The Balaban J connectivity index is 2.01. The molecule has 1 atom stereocenters. The van der Waals surface area contributed by atoms with Gasteiger partial charge in [0, 0.05) is 36.1 Å². The molecule has 0 saturated heterocycles. The van der Waals surface area contributed by atoms with E-state index < -0.39 is 0 Å². The van der Waals surface area contributed by atoms with Crippen molar-refractivity contribution in [2.45, 2.75) is 12.3 Å². The zero-order chi connectivity index (χ0) is 16.2. The van der Waals surface area contributed by atoms with Gasteiger partial charge in [-0.15, -0.1) is 0 Å². The van der Waals surface area contributed by atoms with Crippen molar-refractivity contribution in [1.82, 2.24) is 19.9 Å². The van der Waals surface area contributed by atoms with Gasteiger partial charge in [0.2, 0.25) is 0 Å². The Hall–Kier alpha value is -2.11. The molecule has 3 aromatic rings. The monoisotopic (exact) mass is 348 g/mol. The average molecular weight is 349 g/mol. The molecule has 7 heteroatoms. The van der Waals surface area contributed by atoms with Gasteiger partial charge in [0.1, 0.15) is 0 Å². The van der Waals surface area contributed by atoms with Crippen molar-refractivity contribution in [2.75, 3.05) is 7.11 Å². The fourth-order valence-corrected chi connectivity index (χ4v) is 2.87. The number of rotatable bonds is 5. The number of methoxy groups -OCH3 is 1. The Morgan fingerprint density at radius 2 is 2.13 bits per heavy atom. The summed E-state index contributed by atoms with van der Waals surface area (Å²) in [5.74, 6) is -0.0525. The Morgan fingerprint density at radius 3 is 2.87 bits per heavy atom. The second-order valence-corrected chi connectivity index (χ2v) is 5.73. The van der Waals surface area contributed by atoms with E-state index >= 15 is 0 Å². The number of ether oxygens (including phenoxy) is 1. The summed E-state index contributed by atoms with van der Waals surface area (Å²) in [7, 11) is 1.54.